The van der Waals surface area contributed by atoms with Crippen molar-refractivity contribution in [1.82, 2.24) is 0 Å². The zero-order valence-electron chi connectivity index (χ0n) is 12.7. The molecule has 0 bridgehead atoms. The molecule has 1 aromatic carbocycles. The van der Waals surface area contributed by atoms with Crippen LogP contribution in [0.5, 0.6) is 0 Å². The number of nitrogens with zero attached hydrogens (tertiary/aromatic N) is 1. The lowest BCUT2D eigenvalue weighted by atomic mass is 9.89. The van der Waals surface area contributed by atoms with Crippen molar-refractivity contribution < 1.29 is 9.18 Å². The summed E-state index contributed by atoms with van der Waals surface area (Å²) < 4.78 is 13.4. The molecule has 1 fully saturated rings. The van der Waals surface area contributed by atoms with E-state index in [-0.39, 0.29) is 11.6 Å². The second-order valence-corrected chi connectivity index (χ2v) is 6.14. The largest absolute Gasteiger partial charge is 0.371 e. The molecule has 1 aromatic rings. The average Bonchev–Trinajstić information content (AvgIpc) is 2.64. The number of carbonyl (C=O) groups excluding carboxylic acids is 1. The Labute approximate surface area is 121 Å². The highest BCUT2D eigenvalue weighted by molar-refractivity contribution is 5.99. The summed E-state index contributed by atoms with van der Waals surface area (Å²) in [7, 11) is 0. The Balaban J connectivity index is 2.21. The molecule has 1 aliphatic rings. The maximum Gasteiger partial charge on any atom is 0.161 e. The van der Waals surface area contributed by atoms with Crippen LogP contribution in [0, 0.1) is 17.7 Å². The Bertz CT molecular complexity index is 484. The molecule has 3 heteroatoms. The van der Waals surface area contributed by atoms with Gasteiger partial charge in [-0.05, 0) is 56.2 Å². The van der Waals surface area contributed by atoms with Crippen molar-refractivity contribution in [2.24, 2.45) is 11.8 Å². The van der Waals surface area contributed by atoms with Crippen LogP contribution >= 0.6 is 0 Å². The highest BCUT2D eigenvalue weighted by Crippen LogP contribution is 2.29. The molecule has 1 atom stereocenters. The van der Waals surface area contributed by atoms with Crippen LogP contribution in [0.1, 0.15) is 50.4 Å². The van der Waals surface area contributed by atoms with Crippen LogP contribution in [-0.2, 0) is 0 Å². The predicted molar refractivity (Wildman–Crippen MR) is 80.8 cm³/mol. The first-order valence-corrected chi connectivity index (χ1v) is 7.54. The van der Waals surface area contributed by atoms with Crippen LogP contribution in [0.3, 0.4) is 0 Å². The van der Waals surface area contributed by atoms with Gasteiger partial charge in [0.1, 0.15) is 5.82 Å². The minimum absolute atomic E-state index is 0.0656. The van der Waals surface area contributed by atoms with E-state index in [2.05, 4.69) is 18.7 Å². The van der Waals surface area contributed by atoms with Gasteiger partial charge in [0.25, 0.3) is 0 Å². The molecule has 110 valence electrons. The van der Waals surface area contributed by atoms with Gasteiger partial charge >= 0.3 is 0 Å². The smallest absolute Gasteiger partial charge is 0.161 e. The minimum Gasteiger partial charge on any atom is -0.371 e. The van der Waals surface area contributed by atoms with E-state index in [9.17, 15) is 9.18 Å². The molecule has 2 rings (SSSR count). The normalized spacial score (nSPS) is 20.1. The molecule has 1 saturated heterocycles. The third-order valence-corrected chi connectivity index (χ3v) is 4.39. The topological polar surface area (TPSA) is 20.3 Å². The van der Waals surface area contributed by atoms with Gasteiger partial charge in [-0.2, -0.15) is 0 Å². The molecule has 2 nitrogen and oxygen atoms in total. The lowest BCUT2D eigenvalue weighted by Gasteiger charge is -2.25. The lowest BCUT2D eigenvalue weighted by molar-refractivity contribution is 0.101. The molecular weight excluding hydrogens is 253 g/mol. The van der Waals surface area contributed by atoms with Crippen LogP contribution in [0.25, 0.3) is 0 Å². The molecule has 20 heavy (non-hydrogen) atoms. The molecule has 1 aliphatic heterocycles. The molecule has 0 aliphatic carbocycles. The maximum atomic E-state index is 13.4. The second-order valence-electron chi connectivity index (χ2n) is 6.14. The SMILES string of the molecule is CC(=O)c1cc(F)ccc1N1CCCC(C(C)C)CC1. The van der Waals surface area contributed by atoms with Gasteiger partial charge in [0, 0.05) is 24.3 Å². The van der Waals surface area contributed by atoms with Gasteiger partial charge in [0.2, 0.25) is 0 Å². The summed E-state index contributed by atoms with van der Waals surface area (Å²) >= 11 is 0. The fourth-order valence-electron chi connectivity index (χ4n) is 3.10. The van der Waals surface area contributed by atoms with Crippen LogP contribution in [-0.4, -0.2) is 18.9 Å². The van der Waals surface area contributed by atoms with E-state index in [0.29, 0.717) is 11.5 Å². The van der Waals surface area contributed by atoms with Crippen molar-refractivity contribution in [3.63, 3.8) is 0 Å². The first-order valence-electron chi connectivity index (χ1n) is 7.54. The quantitative estimate of drug-likeness (QED) is 0.768. The summed E-state index contributed by atoms with van der Waals surface area (Å²) in [5.74, 6) is 1.05. The number of Topliss-reactive ketones (excluding diaryl/α,β-unsaturated/α-hetero) is 1. The number of ketones is 1. The number of benzene rings is 1. The fraction of sp³-hybridized carbons (Fsp3) is 0.588. The number of halogens is 1. The van der Waals surface area contributed by atoms with Crippen molar-refractivity contribution in [2.45, 2.75) is 40.0 Å². The van der Waals surface area contributed by atoms with E-state index in [1.807, 2.05) is 0 Å². The number of hydrogen-bond acceptors (Lipinski definition) is 2. The first-order chi connectivity index (χ1) is 9.49. The Kier molecular flexibility index (Phi) is 4.79. The summed E-state index contributed by atoms with van der Waals surface area (Å²) in [6.45, 7) is 7.97. The maximum absolute atomic E-state index is 13.4. The Hall–Kier alpha value is -1.38. The standard InChI is InChI=1S/C17H24FNO/c1-12(2)14-5-4-9-19(10-8-14)17-7-6-15(18)11-16(17)13(3)20/h6-7,11-12,14H,4-5,8-10H2,1-3H3. The molecule has 1 heterocycles. The van der Waals surface area contributed by atoms with Crippen molar-refractivity contribution in [1.29, 1.82) is 0 Å². The molecule has 0 spiro atoms. The van der Waals surface area contributed by atoms with Crippen molar-refractivity contribution >= 4 is 11.5 Å². The zero-order valence-corrected chi connectivity index (χ0v) is 12.7. The molecular formula is C17H24FNO. The number of rotatable bonds is 3. The molecule has 0 amide bonds. The van der Waals surface area contributed by atoms with E-state index < -0.39 is 0 Å². The van der Waals surface area contributed by atoms with E-state index in [1.165, 1.54) is 25.5 Å². The third kappa shape index (κ3) is 3.38. The number of hydrogen-bond donors (Lipinski definition) is 0. The van der Waals surface area contributed by atoms with Crippen LogP contribution in [0.4, 0.5) is 10.1 Å². The Morgan fingerprint density at radius 2 is 2.05 bits per heavy atom. The number of carbonyl (C=O) groups is 1. The summed E-state index contributed by atoms with van der Waals surface area (Å²) in [5.41, 5.74) is 1.40. The van der Waals surface area contributed by atoms with Gasteiger partial charge in [-0.15, -0.1) is 0 Å². The summed E-state index contributed by atoms with van der Waals surface area (Å²) in [6, 6.07) is 4.57. The van der Waals surface area contributed by atoms with Gasteiger partial charge in [0.15, 0.2) is 5.78 Å². The van der Waals surface area contributed by atoms with Gasteiger partial charge in [-0.25, -0.2) is 4.39 Å². The van der Waals surface area contributed by atoms with Crippen LogP contribution in [0.2, 0.25) is 0 Å². The zero-order chi connectivity index (χ0) is 14.7. The van der Waals surface area contributed by atoms with Crippen molar-refractivity contribution in [2.75, 3.05) is 18.0 Å². The third-order valence-electron chi connectivity index (χ3n) is 4.39. The Morgan fingerprint density at radius 3 is 2.70 bits per heavy atom. The highest BCUT2D eigenvalue weighted by Gasteiger charge is 2.22. The van der Waals surface area contributed by atoms with E-state index in [4.69, 9.17) is 0 Å². The van der Waals surface area contributed by atoms with Gasteiger partial charge in [0.05, 0.1) is 0 Å². The van der Waals surface area contributed by atoms with E-state index in [0.717, 1.165) is 37.5 Å². The summed E-state index contributed by atoms with van der Waals surface area (Å²) in [4.78, 5) is 14.0. The molecule has 1 unspecified atom stereocenters. The minimum atomic E-state index is -0.339. The summed E-state index contributed by atoms with van der Waals surface area (Å²) in [5, 5.41) is 0. The Morgan fingerprint density at radius 1 is 1.30 bits per heavy atom. The predicted octanol–water partition coefficient (Wildman–Crippen LogP) is 4.29. The highest BCUT2D eigenvalue weighted by atomic mass is 19.1. The average molecular weight is 277 g/mol. The molecule has 0 aromatic heterocycles. The first kappa shape index (κ1) is 15.0. The molecule has 0 radical (unpaired) electrons. The monoisotopic (exact) mass is 277 g/mol. The van der Waals surface area contributed by atoms with Crippen molar-refractivity contribution in [3.05, 3.63) is 29.6 Å². The van der Waals surface area contributed by atoms with Gasteiger partial charge in [-0.3, -0.25) is 4.79 Å². The summed E-state index contributed by atoms with van der Waals surface area (Å²) in [6.07, 6.45) is 3.52. The van der Waals surface area contributed by atoms with Gasteiger partial charge in [-0.1, -0.05) is 13.8 Å². The second kappa shape index (κ2) is 6.38. The fourth-order valence-corrected chi connectivity index (χ4v) is 3.10. The van der Waals surface area contributed by atoms with Crippen molar-refractivity contribution in [3.8, 4) is 0 Å². The van der Waals surface area contributed by atoms with Crippen LogP contribution in [0.15, 0.2) is 18.2 Å². The lowest BCUT2D eigenvalue weighted by Crippen LogP contribution is -2.26. The molecule has 0 N–H and O–H groups in total. The van der Waals surface area contributed by atoms with E-state index in [1.54, 1.807) is 6.07 Å². The number of anilines is 1. The molecule has 0 saturated carbocycles. The van der Waals surface area contributed by atoms with E-state index >= 15 is 0 Å². The van der Waals surface area contributed by atoms with Crippen LogP contribution < -0.4 is 4.90 Å². The van der Waals surface area contributed by atoms with Gasteiger partial charge < -0.3 is 4.90 Å².